The zero-order valence-corrected chi connectivity index (χ0v) is 7.77. The second-order valence-electron chi connectivity index (χ2n) is 3.23. The first-order valence-corrected chi connectivity index (χ1v) is 4.36. The van der Waals surface area contributed by atoms with Crippen molar-refractivity contribution in [3.8, 4) is 5.75 Å². The van der Waals surface area contributed by atoms with Crippen LogP contribution in [0.5, 0.6) is 5.75 Å². The molecule has 0 aromatic carbocycles. The molecule has 2 rings (SSSR count). The quantitative estimate of drug-likeness (QED) is 0.700. The van der Waals surface area contributed by atoms with Gasteiger partial charge in [-0.05, 0) is 26.0 Å². The van der Waals surface area contributed by atoms with Crippen molar-refractivity contribution in [2.75, 3.05) is 0 Å². The topological polar surface area (TPSA) is 26.5 Å². The maximum atomic E-state index is 5.55. The summed E-state index contributed by atoms with van der Waals surface area (Å²) in [6, 6.07) is 5.85. The maximum Gasteiger partial charge on any atom is 0.123 e. The van der Waals surface area contributed by atoms with E-state index in [1.807, 2.05) is 42.8 Å². The standard InChI is InChI=1S/C10H12N2O/c1-8(2)13-10-4-6-12-9(7-10)3-5-11-12/h3-8H,1-2H3. The molecule has 0 aliphatic carbocycles. The first kappa shape index (κ1) is 8.10. The largest absolute Gasteiger partial charge is 0.491 e. The molecule has 2 aromatic heterocycles. The lowest BCUT2D eigenvalue weighted by atomic mass is 10.3. The monoisotopic (exact) mass is 176 g/mol. The number of ether oxygens (including phenoxy) is 1. The first-order chi connectivity index (χ1) is 6.25. The smallest absolute Gasteiger partial charge is 0.123 e. The predicted octanol–water partition coefficient (Wildman–Crippen LogP) is 2.12. The maximum absolute atomic E-state index is 5.55. The van der Waals surface area contributed by atoms with Gasteiger partial charge in [-0.3, -0.25) is 0 Å². The molecule has 3 heteroatoms. The molecule has 2 heterocycles. The Morgan fingerprint density at radius 1 is 1.38 bits per heavy atom. The van der Waals surface area contributed by atoms with Gasteiger partial charge in [0.25, 0.3) is 0 Å². The second kappa shape index (κ2) is 3.09. The van der Waals surface area contributed by atoms with Crippen molar-refractivity contribution in [1.29, 1.82) is 0 Å². The fourth-order valence-corrected chi connectivity index (χ4v) is 1.25. The third-order valence-corrected chi connectivity index (χ3v) is 1.74. The van der Waals surface area contributed by atoms with Gasteiger partial charge in [0.15, 0.2) is 0 Å². The van der Waals surface area contributed by atoms with Crippen LogP contribution in [0.4, 0.5) is 0 Å². The van der Waals surface area contributed by atoms with Gasteiger partial charge in [-0.25, -0.2) is 4.52 Å². The summed E-state index contributed by atoms with van der Waals surface area (Å²) in [5.74, 6) is 0.892. The molecule has 0 fully saturated rings. The van der Waals surface area contributed by atoms with E-state index >= 15 is 0 Å². The van der Waals surface area contributed by atoms with Gasteiger partial charge in [0.1, 0.15) is 5.75 Å². The fraction of sp³-hybridized carbons (Fsp3) is 0.300. The highest BCUT2D eigenvalue weighted by Gasteiger charge is 1.99. The molecular formula is C10H12N2O. The summed E-state index contributed by atoms with van der Waals surface area (Å²) < 4.78 is 7.36. The molecule has 68 valence electrons. The summed E-state index contributed by atoms with van der Waals surface area (Å²) >= 11 is 0. The Morgan fingerprint density at radius 3 is 3.00 bits per heavy atom. The van der Waals surface area contributed by atoms with Crippen LogP contribution in [-0.2, 0) is 0 Å². The van der Waals surface area contributed by atoms with Crippen LogP contribution in [0.2, 0.25) is 0 Å². The highest BCUT2D eigenvalue weighted by molar-refractivity contribution is 5.49. The summed E-state index contributed by atoms with van der Waals surface area (Å²) in [7, 11) is 0. The second-order valence-corrected chi connectivity index (χ2v) is 3.23. The minimum absolute atomic E-state index is 0.213. The lowest BCUT2D eigenvalue weighted by Crippen LogP contribution is -2.05. The van der Waals surface area contributed by atoms with E-state index in [2.05, 4.69) is 5.10 Å². The molecule has 0 aliphatic heterocycles. The number of hydrogen-bond acceptors (Lipinski definition) is 2. The predicted molar refractivity (Wildman–Crippen MR) is 51.0 cm³/mol. The van der Waals surface area contributed by atoms with Crippen LogP contribution in [0.1, 0.15) is 13.8 Å². The number of rotatable bonds is 2. The molecule has 0 N–H and O–H groups in total. The van der Waals surface area contributed by atoms with Gasteiger partial charge in [-0.2, -0.15) is 5.10 Å². The van der Waals surface area contributed by atoms with Crippen molar-refractivity contribution in [3.05, 3.63) is 30.6 Å². The van der Waals surface area contributed by atoms with Crippen LogP contribution in [-0.4, -0.2) is 15.7 Å². The van der Waals surface area contributed by atoms with E-state index in [4.69, 9.17) is 4.74 Å². The van der Waals surface area contributed by atoms with Gasteiger partial charge in [-0.15, -0.1) is 0 Å². The van der Waals surface area contributed by atoms with Crippen molar-refractivity contribution in [2.45, 2.75) is 20.0 Å². The Kier molecular flexibility index (Phi) is 1.93. The minimum atomic E-state index is 0.213. The molecule has 0 atom stereocenters. The number of fused-ring (bicyclic) bond motifs is 1. The Bertz CT molecular complexity index is 406. The number of hydrogen-bond donors (Lipinski definition) is 0. The number of pyridine rings is 1. The lowest BCUT2D eigenvalue weighted by Gasteiger charge is -2.09. The molecule has 3 nitrogen and oxygen atoms in total. The highest BCUT2D eigenvalue weighted by Crippen LogP contribution is 2.14. The Morgan fingerprint density at radius 2 is 2.23 bits per heavy atom. The van der Waals surface area contributed by atoms with Gasteiger partial charge in [0.2, 0.25) is 0 Å². The Labute approximate surface area is 76.9 Å². The summed E-state index contributed by atoms with van der Waals surface area (Å²) in [6.45, 7) is 4.03. The molecule has 0 amide bonds. The minimum Gasteiger partial charge on any atom is -0.491 e. The number of aromatic nitrogens is 2. The van der Waals surface area contributed by atoms with E-state index in [-0.39, 0.29) is 6.10 Å². The first-order valence-electron chi connectivity index (χ1n) is 4.36. The zero-order chi connectivity index (χ0) is 9.26. The van der Waals surface area contributed by atoms with Crippen molar-refractivity contribution >= 4 is 5.52 Å². The molecular weight excluding hydrogens is 164 g/mol. The van der Waals surface area contributed by atoms with Crippen LogP contribution in [0.3, 0.4) is 0 Å². The van der Waals surface area contributed by atoms with Gasteiger partial charge in [-0.1, -0.05) is 0 Å². The fourth-order valence-electron chi connectivity index (χ4n) is 1.25. The van der Waals surface area contributed by atoms with Crippen LogP contribution < -0.4 is 4.74 Å². The third kappa shape index (κ3) is 1.64. The normalized spacial score (nSPS) is 11.0. The summed E-state index contributed by atoms with van der Waals surface area (Å²) in [6.07, 6.45) is 3.88. The van der Waals surface area contributed by atoms with Crippen molar-refractivity contribution in [2.24, 2.45) is 0 Å². The van der Waals surface area contributed by atoms with E-state index in [0.29, 0.717) is 0 Å². The number of nitrogens with zero attached hydrogens (tertiary/aromatic N) is 2. The van der Waals surface area contributed by atoms with E-state index < -0.39 is 0 Å². The van der Waals surface area contributed by atoms with Crippen molar-refractivity contribution in [1.82, 2.24) is 9.61 Å². The van der Waals surface area contributed by atoms with E-state index in [9.17, 15) is 0 Å². The Balaban J connectivity index is 2.37. The summed E-state index contributed by atoms with van der Waals surface area (Å²) in [5, 5.41) is 4.10. The molecule has 13 heavy (non-hydrogen) atoms. The van der Waals surface area contributed by atoms with Crippen LogP contribution >= 0.6 is 0 Å². The molecule has 0 radical (unpaired) electrons. The van der Waals surface area contributed by atoms with Gasteiger partial charge in [0, 0.05) is 18.5 Å². The van der Waals surface area contributed by atoms with E-state index in [0.717, 1.165) is 11.3 Å². The molecule has 0 aliphatic rings. The average molecular weight is 176 g/mol. The van der Waals surface area contributed by atoms with Gasteiger partial charge in [0.05, 0.1) is 11.6 Å². The highest BCUT2D eigenvalue weighted by atomic mass is 16.5. The molecule has 0 bridgehead atoms. The van der Waals surface area contributed by atoms with E-state index in [1.54, 1.807) is 6.20 Å². The molecule has 0 saturated heterocycles. The molecule has 0 saturated carbocycles. The Hall–Kier alpha value is -1.51. The van der Waals surface area contributed by atoms with Crippen LogP contribution in [0.25, 0.3) is 5.52 Å². The van der Waals surface area contributed by atoms with Gasteiger partial charge < -0.3 is 4.74 Å². The SMILES string of the molecule is CC(C)Oc1ccn2nccc2c1. The molecule has 0 unspecified atom stereocenters. The van der Waals surface area contributed by atoms with Crippen LogP contribution in [0.15, 0.2) is 30.6 Å². The van der Waals surface area contributed by atoms with Crippen molar-refractivity contribution < 1.29 is 4.74 Å². The summed E-state index contributed by atoms with van der Waals surface area (Å²) in [4.78, 5) is 0. The lowest BCUT2D eigenvalue weighted by molar-refractivity contribution is 0.242. The van der Waals surface area contributed by atoms with Crippen molar-refractivity contribution in [3.63, 3.8) is 0 Å². The van der Waals surface area contributed by atoms with E-state index in [1.165, 1.54) is 0 Å². The average Bonchev–Trinajstić information content (AvgIpc) is 2.49. The van der Waals surface area contributed by atoms with Crippen LogP contribution in [0, 0.1) is 0 Å². The van der Waals surface area contributed by atoms with Gasteiger partial charge >= 0.3 is 0 Å². The molecule has 2 aromatic rings. The third-order valence-electron chi connectivity index (χ3n) is 1.74. The zero-order valence-electron chi connectivity index (χ0n) is 7.77. The molecule has 0 spiro atoms. The summed E-state index contributed by atoms with van der Waals surface area (Å²) in [5.41, 5.74) is 1.05.